The molecule has 5 aromatic rings. The number of piperazine rings is 1. The van der Waals surface area contributed by atoms with Gasteiger partial charge >= 0.3 is 0 Å². The number of hydrogen-bond donors (Lipinski definition) is 1. The number of hydrogen-bond acceptors (Lipinski definition) is 8. The number of tetrazole rings is 1. The molecule has 3 heterocycles. The van der Waals surface area contributed by atoms with E-state index in [2.05, 4.69) is 83.8 Å². The van der Waals surface area contributed by atoms with Crippen molar-refractivity contribution in [2.24, 2.45) is 0 Å². The highest BCUT2D eigenvalue weighted by Crippen LogP contribution is 2.36. The molecule has 0 aliphatic carbocycles. The Morgan fingerprint density at radius 1 is 0.909 bits per heavy atom. The number of benzene rings is 3. The van der Waals surface area contributed by atoms with Crippen LogP contribution in [0.15, 0.2) is 91.5 Å². The van der Waals surface area contributed by atoms with Crippen LogP contribution in [0.2, 0.25) is 0 Å². The highest BCUT2D eigenvalue weighted by Gasteiger charge is 2.41. The van der Waals surface area contributed by atoms with Gasteiger partial charge in [0.2, 0.25) is 0 Å². The Hall–Kier alpha value is -4.39. The standard InChI is InChI=1S/C32H35F2N9O/c1-24(32(44,21-42-23-35-22-36-42)28-13-12-27(33)20-29(28)34)43-38-30(37-39-43)14-15-40-16-18-41(19-17-40)31(25-8-4-2-5-9-25)26-10-6-3-7-11-26/h2-13,20,22-24,31,44H,14-19,21H2,1H3/t24-,32+/m0/s1. The predicted molar refractivity (Wildman–Crippen MR) is 159 cm³/mol. The van der Waals surface area contributed by atoms with E-state index in [9.17, 15) is 13.9 Å². The molecular formula is C32H35F2N9O. The van der Waals surface area contributed by atoms with E-state index in [0.717, 1.165) is 44.9 Å². The van der Waals surface area contributed by atoms with Crippen LogP contribution in [-0.4, -0.2) is 82.6 Å². The molecule has 2 atom stereocenters. The fraction of sp³-hybridized carbons (Fsp3) is 0.344. The smallest absolute Gasteiger partial charge is 0.176 e. The summed E-state index contributed by atoms with van der Waals surface area (Å²) in [7, 11) is 0. The lowest BCUT2D eigenvalue weighted by Gasteiger charge is -2.39. The Labute approximate surface area is 254 Å². The largest absolute Gasteiger partial charge is 0.381 e. The van der Waals surface area contributed by atoms with Crippen LogP contribution in [0.5, 0.6) is 0 Å². The summed E-state index contributed by atoms with van der Waals surface area (Å²) in [6.45, 7) is 5.93. The van der Waals surface area contributed by atoms with Crippen LogP contribution in [0.25, 0.3) is 0 Å². The minimum atomic E-state index is -1.87. The highest BCUT2D eigenvalue weighted by molar-refractivity contribution is 5.32. The molecule has 0 amide bonds. The molecule has 0 bridgehead atoms. The van der Waals surface area contributed by atoms with Gasteiger partial charge in [-0.15, -0.1) is 10.2 Å². The van der Waals surface area contributed by atoms with E-state index in [1.165, 1.54) is 39.3 Å². The summed E-state index contributed by atoms with van der Waals surface area (Å²) in [6.07, 6.45) is 3.31. The van der Waals surface area contributed by atoms with Crippen molar-refractivity contribution in [1.82, 2.24) is 44.8 Å². The first-order valence-electron chi connectivity index (χ1n) is 14.8. The molecule has 3 aromatic carbocycles. The molecule has 0 radical (unpaired) electrons. The maximum Gasteiger partial charge on any atom is 0.176 e. The second kappa shape index (κ2) is 13.1. The number of aliphatic hydroxyl groups is 1. The SMILES string of the molecule is C[C@H](n1nnc(CCN2CCN(C(c3ccccc3)c3ccccc3)CC2)n1)[C@](O)(Cn1cncn1)c1ccc(F)cc1F. The number of nitrogens with zero attached hydrogens (tertiary/aromatic N) is 9. The van der Waals surface area contributed by atoms with E-state index < -0.39 is 23.3 Å². The van der Waals surface area contributed by atoms with Crippen molar-refractivity contribution in [1.29, 1.82) is 0 Å². The van der Waals surface area contributed by atoms with Crippen molar-refractivity contribution in [3.8, 4) is 0 Å². The van der Waals surface area contributed by atoms with Gasteiger partial charge in [0.1, 0.15) is 35.9 Å². The van der Waals surface area contributed by atoms with Crippen molar-refractivity contribution in [3.63, 3.8) is 0 Å². The molecule has 0 saturated carbocycles. The van der Waals surface area contributed by atoms with Crippen LogP contribution in [0.4, 0.5) is 8.78 Å². The molecule has 12 heteroatoms. The molecule has 0 spiro atoms. The zero-order valence-electron chi connectivity index (χ0n) is 24.5. The number of halogens is 2. The van der Waals surface area contributed by atoms with E-state index in [0.29, 0.717) is 12.2 Å². The van der Waals surface area contributed by atoms with Gasteiger partial charge in [0.15, 0.2) is 5.82 Å². The first-order chi connectivity index (χ1) is 21.4. The molecule has 1 saturated heterocycles. The van der Waals surface area contributed by atoms with Crippen LogP contribution in [0.1, 0.15) is 41.5 Å². The molecule has 1 N–H and O–H groups in total. The topological polar surface area (TPSA) is 101 Å². The maximum atomic E-state index is 14.9. The van der Waals surface area contributed by atoms with Gasteiger partial charge in [-0.25, -0.2) is 18.4 Å². The lowest BCUT2D eigenvalue weighted by Crippen LogP contribution is -2.48. The van der Waals surface area contributed by atoms with Gasteiger partial charge in [-0.2, -0.15) is 9.90 Å². The van der Waals surface area contributed by atoms with Gasteiger partial charge < -0.3 is 10.0 Å². The Bertz CT molecular complexity index is 1590. The fourth-order valence-electron chi connectivity index (χ4n) is 5.94. The zero-order chi connectivity index (χ0) is 30.5. The fourth-order valence-corrected chi connectivity index (χ4v) is 5.94. The number of aromatic nitrogens is 7. The monoisotopic (exact) mass is 599 g/mol. The lowest BCUT2D eigenvalue weighted by molar-refractivity contribution is -0.0418. The third kappa shape index (κ3) is 6.42. The minimum Gasteiger partial charge on any atom is -0.381 e. The van der Waals surface area contributed by atoms with Gasteiger partial charge in [0.25, 0.3) is 0 Å². The molecule has 44 heavy (non-hydrogen) atoms. The molecule has 1 aliphatic rings. The molecular weight excluding hydrogens is 564 g/mol. The first-order valence-corrected chi connectivity index (χ1v) is 14.8. The van der Waals surface area contributed by atoms with Crippen molar-refractivity contribution in [2.45, 2.75) is 37.6 Å². The summed E-state index contributed by atoms with van der Waals surface area (Å²) in [4.78, 5) is 10.1. The Morgan fingerprint density at radius 3 is 2.20 bits per heavy atom. The van der Waals surface area contributed by atoms with E-state index >= 15 is 0 Å². The van der Waals surface area contributed by atoms with Crippen LogP contribution in [0, 0.1) is 11.6 Å². The van der Waals surface area contributed by atoms with Gasteiger partial charge in [-0.3, -0.25) is 4.90 Å². The minimum absolute atomic E-state index is 0.0945. The lowest BCUT2D eigenvalue weighted by atomic mass is 9.86. The quantitative estimate of drug-likeness (QED) is 0.246. The second-order valence-electron chi connectivity index (χ2n) is 11.2. The van der Waals surface area contributed by atoms with E-state index in [1.807, 2.05) is 12.1 Å². The van der Waals surface area contributed by atoms with Gasteiger partial charge in [-0.05, 0) is 29.3 Å². The Morgan fingerprint density at radius 2 is 1.59 bits per heavy atom. The van der Waals surface area contributed by atoms with Crippen LogP contribution >= 0.6 is 0 Å². The molecule has 2 aromatic heterocycles. The normalized spacial score (nSPS) is 16.7. The highest BCUT2D eigenvalue weighted by atomic mass is 19.1. The summed E-state index contributed by atoms with van der Waals surface area (Å²) in [5.41, 5.74) is 0.606. The van der Waals surface area contributed by atoms with Crippen molar-refractivity contribution in [2.75, 3.05) is 32.7 Å². The van der Waals surface area contributed by atoms with Crippen molar-refractivity contribution >= 4 is 0 Å². The van der Waals surface area contributed by atoms with Gasteiger partial charge in [0, 0.05) is 50.8 Å². The molecule has 1 aliphatic heterocycles. The van der Waals surface area contributed by atoms with Gasteiger partial charge in [-0.1, -0.05) is 66.7 Å². The molecule has 1 fully saturated rings. The third-order valence-corrected chi connectivity index (χ3v) is 8.43. The van der Waals surface area contributed by atoms with E-state index in [4.69, 9.17) is 0 Å². The van der Waals surface area contributed by atoms with E-state index in [-0.39, 0.29) is 18.2 Å². The van der Waals surface area contributed by atoms with Crippen LogP contribution in [-0.2, 0) is 18.6 Å². The van der Waals surface area contributed by atoms with Crippen LogP contribution < -0.4 is 0 Å². The van der Waals surface area contributed by atoms with Crippen molar-refractivity contribution in [3.05, 3.63) is 126 Å². The average molecular weight is 600 g/mol. The van der Waals surface area contributed by atoms with E-state index in [1.54, 1.807) is 6.92 Å². The van der Waals surface area contributed by atoms with Crippen LogP contribution in [0.3, 0.4) is 0 Å². The summed E-state index contributed by atoms with van der Waals surface area (Å²) in [5.74, 6) is -1.09. The van der Waals surface area contributed by atoms with Gasteiger partial charge in [0.05, 0.1) is 12.6 Å². The first kappa shape index (κ1) is 29.7. The number of rotatable bonds is 11. The third-order valence-electron chi connectivity index (χ3n) is 8.43. The molecule has 10 nitrogen and oxygen atoms in total. The average Bonchev–Trinajstić information content (AvgIpc) is 3.74. The summed E-state index contributed by atoms with van der Waals surface area (Å²) >= 11 is 0. The molecule has 0 unspecified atom stereocenters. The maximum absolute atomic E-state index is 14.9. The van der Waals surface area contributed by atoms with Crippen molar-refractivity contribution < 1.29 is 13.9 Å². The summed E-state index contributed by atoms with van der Waals surface area (Å²) in [5, 5.41) is 28.9. The predicted octanol–water partition coefficient (Wildman–Crippen LogP) is 3.64. The summed E-state index contributed by atoms with van der Waals surface area (Å²) in [6, 6.07) is 23.7. The summed E-state index contributed by atoms with van der Waals surface area (Å²) < 4.78 is 30.0. The Kier molecular flexibility index (Phi) is 8.82. The molecule has 6 rings (SSSR count). The zero-order valence-corrected chi connectivity index (χ0v) is 24.5. The molecule has 228 valence electrons. The second-order valence-corrected chi connectivity index (χ2v) is 11.2. The Balaban J connectivity index is 1.11.